The van der Waals surface area contributed by atoms with Gasteiger partial charge in [-0.2, -0.15) is 0 Å². The molecule has 0 spiro atoms. The van der Waals surface area contributed by atoms with Crippen LogP contribution in [0.2, 0.25) is 0 Å². The van der Waals surface area contributed by atoms with E-state index in [0.717, 1.165) is 23.8 Å². The van der Waals surface area contributed by atoms with Crippen molar-refractivity contribution in [2.45, 2.75) is 39.2 Å². The van der Waals surface area contributed by atoms with Gasteiger partial charge in [-0.15, -0.1) is 11.3 Å². The van der Waals surface area contributed by atoms with Gasteiger partial charge in [-0.3, -0.25) is 0 Å². The van der Waals surface area contributed by atoms with Crippen LogP contribution in [0.3, 0.4) is 0 Å². The zero-order valence-electron chi connectivity index (χ0n) is 12.1. The molecule has 1 N–H and O–H groups in total. The summed E-state index contributed by atoms with van der Waals surface area (Å²) in [5.74, 6) is 0.949. The SMILES string of the molecule is Cc1[nH]cnc1-c1nccn1Cc1csc2c1CCCC2. The van der Waals surface area contributed by atoms with Crippen LogP contribution in [-0.4, -0.2) is 19.5 Å². The van der Waals surface area contributed by atoms with E-state index >= 15 is 0 Å². The molecule has 0 unspecified atom stereocenters. The third kappa shape index (κ3) is 2.21. The Bertz CT molecular complexity index is 765. The summed E-state index contributed by atoms with van der Waals surface area (Å²) in [6.07, 6.45) is 10.8. The lowest BCUT2D eigenvalue weighted by Gasteiger charge is -2.14. The Labute approximate surface area is 127 Å². The lowest BCUT2D eigenvalue weighted by Crippen LogP contribution is -2.06. The molecule has 0 aromatic carbocycles. The molecule has 3 aromatic heterocycles. The lowest BCUT2D eigenvalue weighted by atomic mass is 9.96. The van der Waals surface area contributed by atoms with E-state index < -0.39 is 0 Å². The van der Waals surface area contributed by atoms with Crippen LogP contribution in [0.1, 0.15) is 34.5 Å². The summed E-state index contributed by atoms with van der Waals surface area (Å²) >= 11 is 1.92. The van der Waals surface area contributed by atoms with Crippen molar-refractivity contribution in [1.82, 2.24) is 19.5 Å². The second kappa shape index (κ2) is 5.15. The zero-order valence-corrected chi connectivity index (χ0v) is 12.9. The molecule has 0 saturated carbocycles. The predicted molar refractivity (Wildman–Crippen MR) is 84.6 cm³/mol. The number of aryl methyl sites for hydroxylation is 2. The van der Waals surface area contributed by atoms with E-state index in [1.54, 1.807) is 16.8 Å². The van der Waals surface area contributed by atoms with E-state index in [1.807, 2.05) is 24.5 Å². The maximum absolute atomic E-state index is 4.50. The average Bonchev–Trinajstić information content (AvgIpc) is 3.20. The number of H-pyrrole nitrogens is 1. The van der Waals surface area contributed by atoms with Crippen LogP contribution in [0.15, 0.2) is 24.1 Å². The first-order chi connectivity index (χ1) is 10.3. The van der Waals surface area contributed by atoms with Gasteiger partial charge >= 0.3 is 0 Å². The van der Waals surface area contributed by atoms with Crippen molar-refractivity contribution in [3.8, 4) is 11.5 Å². The molecule has 108 valence electrons. The van der Waals surface area contributed by atoms with Crippen molar-refractivity contribution in [3.05, 3.63) is 45.8 Å². The molecule has 0 saturated heterocycles. The fraction of sp³-hybridized carbons (Fsp3) is 0.375. The largest absolute Gasteiger partial charge is 0.348 e. The number of imidazole rings is 2. The van der Waals surface area contributed by atoms with Gasteiger partial charge in [0.2, 0.25) is 0 Å². The molecule has 0 bridgehead atoms. The molecule has 21 heavy (non-hydrogen) atoms. The van der Waals surface area contributed by atoms with Crippen LogP contribution < -0.4 is 0 Å². The van der Waals surface area contributed by atoms with E-state index in [1.165, 1.54) is 31.2 Å². The first-order valence-corrected chi connectivity index (χ1v) is 8.30. The molecule has 0 amide bonds. The number of hydrogen-bond acceptors (Lipinski definition) is 3. The highest BCUT2D eigenvalue weighted by Crippen LogP contribution is 2.31. The van der Waals surface area contributed by atoms with Gasteiger partial charge in [0.1, 0.15) is 5.69 Å². The second-order valence-electron chi connectivity index (χ2n) is 5.62. The number of hydrogen-bond donors (Lipinski definition) is 1. The minimum absolute atomic E-state index is 0.896. The first kappa shape index (κ1) is 12.8. The van der Waals surface area contributed by atoms with Crippen LogP contribution in [0.25, 0.3) is 11.5 Å². The number of fused-ring (bicyclic) bond motifs is 1. The minimum atomic E-state index is 0.896. The fourth-order valence-corrected chi connectivity index (χ4v) is 4.25. The van der Waals surface area contributed by atoms with E-state index in [2.05, 4.69) is 31.1 Å². The van der Waals surface area contributed by atoms with Crippen LogP contribution in [0, 0.1) is 6.92 Å². The van der Waals surface area contributed by atoms with Gasteiger partial charge in [-0.05, 0) is 49.1 Å². The third-order valence-corrected chi connectivity index (χ3v) is 5.38. The summed E-state index contributed by atoms with van der Waals surface area (Å²) < 4.78 is 2.21. The Morgan fingerprint density at radius 3 is 3.05 bits per heavy atom. The molecule has 0 radical (unpaired) electrons. The predicted octanol–water partition coefficient (Wildman–Crippen LogP) is 3.57. The summed E-state index contributed by atoms with van der Waals surface area (Å²) in [5, 5.41) is 2.33. The number of rotatable bonds is 3. The molecule has 1 aliphatic carbocycles. The summed E-state index contributed by atoms with van der Waals surface area (Å²) in [4.78, 5) is 13.6. The van der Waals surface area contributed by atoms with E-state index in [0.29, 0.717) is 0 Å². The minimum Gasteiger partial charge on any atom is -0.348 e. The Kier molecular flexibility index (Phi) is 3.15. The maximum atomic E-state index is 4.50. The van der Waals surface area contributed by atoms with Crippen molar-refractivity contribution in [2.75, 3.05) is 0 Å². The second-order valence-corrected chi connectivity index (χ2v) is 6.59. The van der Waals surface area contributed by atoms with Gasteiger partial charge in [0.25, 0.3) is 0 Å². The highest BCUT2D eigenvalue weighted by molar-refractivity contribution is 7.10. The third-order valence-electron chi connectivity index (χ3n) is 4.25. The summed E-state index contributed by atoms with van der Waals surface area (Å²) in [6.45, 7) is 2.93. The molecular weight excluding hydrogens is 280 g/mol. The standard InChI is InChI=1S/C16H18N4S/c1-11-15(19-10-18-11)16-17-6-7-20(16)8-12-9-21-14-5-3-2-4-13(12)14/h6-7,9-10H,2-5,8H2,1H3,(H,18,19). The molecule has 4 nitrogen and oxygen atoms in total. The monoisotopic (exact) mass is 298 g/mol. The van der Waals surface area contributed by atoms with Crippen molar-refractivity contribution in [1.29, 1.82) is 0 Å². The number of thiophene rings is 1. The Morgan fingerprint density at radius 2 is 2.19 bits per heavy atom. The maximum Gasteiger partial charge on any atom is 0.160 e. The van der Waals surface area contributed by atoms with Crippen molar-refractivity contribution in [3.63, 3.8) is 0 Å². The number of aromatic amines is 1. The summed E-state index contributed by atoms with van der Waals surface area (Å²) in [6, 6.07) is 0. The normalized spacial score (nSPS) is 14.3. The lowest BCUT2D eigenvalue weighted by molar-refractivity contribution is 0.683. The van der Waals surface area contributed by atoms with Gasteiger partial charge in [0.05, 0.1) is 12.9 Å². The Hall–Kier alpha value is -1.88. The number of aromatic nitrogens is 4. The van der Waals surface area contributed by atoms with Crippen molar-refractivity contribution in [2.24, 2.45) is 0 Å². The van der Waals surface area contributed by atoms with Gasteiger partial charge in [-0.1, -0.05) is 0 Å². The van der Waals surface area contributed by atoms with E-state index in [4.69, 9.17) is 0 Å². The first-order valence-electron chi connectivity index (χ1n) is 7.42. The molecule has 3 heterocycles. The molecule has 0 fully saturated rings. The quantitative estimate of drug-likeness (QED) is 0.803. The Balaban J connectivity index is 1.69. The van der Waals surface area contributed by atoms with Crippen LogP contribution in [-0.2, 0) is 19.4 Å². The van der Waals surface area contributed by atoms with Gasteiger partial charge in [0.15, 0.2) is 5.82 Å². The number of nitrogens with zero attached hydrogens (tertiary/aromatic N) is 3. The molecule has 1 aliphatic rings. The smallest absolute Gasteiger partial charge is 0.160 e. The molecule has 4 rings (SSSR count). The van der Waals surface area contributed by atoms with E-state index in [-0.39, 0.29) is 0 Å². The van der Waals surface area contributed by atoms with Crippen molar-refractivity contribution >= 4 is 11.3 Å². The number of nitrogens with one attached hydrogen (secondary N) is 1. The molecule has 3 aromatic rings. The fourth-order valence-electron chi connectivity index (χ4n) is 3.12. The summed E-state index contributed by atoms with van der Waals surface area (Å²) in [5.41, 5.74) is 5.06. The summed E-state index contributed by atoms with van der Waals surface area (Å²) in [7, 11) is 0. The molecular formula is C16H18N4S. The molecule has 5 heteroatoms. The highest BCUT2D eigenvalue weighted by atomic mass is 32.1. The van der Waals surface area contributed by atoms with E-state index in [9.17, 15) is 0 Å². The van der Waals surface area contributed by atoms with Crippen LogP contribution in [0.5, 0.6) is 0 Å². The molecule has 0 atom stereocenters. The van der Waals surface area contributed by atoms with Crippen LogP contribution >= 0.6 is 11.3 Å². The average molecular weight is 298 g/mol. The van der Waals surface area contributed by atoms with Gasteiger partial charge in [-0.25, -0.2) is 9.97 Å². The van der Waals surface area contributed by atoms with Gasteiger partial charge < -0.3 is 9.55 Å². The molecule has 0 aliphatic heterocycles. The zero-order chi connectivity index (χ0) is 14.2. The van der Waals surface area contributed by atoms with Crippen molar-refractivity contribution < 1.29 is 0 Å². The Morgan fingerprint density at radius 1 is 1.29 bits per heavy atom. The van der Waals surface area contributed by atoms with Gasteiger partial charge in [0, 0.05) is 23.0 Å². The van der Waals surface area contributed by atoms with Crippen LogP contribution in [0.4, 0.5) is 0 Å². The highest BCUT2D eigenvalue weighted by Gasteiger charge is 2.17. The topological polar surface area (TPSA) is 46.5 Å².